The lowest BCUT2D eigenvalue weighted by Gasteiger charge is -2.32. The molecule has 0 spiro atoms. The van der Waals surface area contributed by atoms with E-state index < -0.39 is 0 Å². The van der Waals surface area contributed by atoms with Crippen molar-refractivity contribution in [2.75, 3.05) is 13.1 Å². The van der Waals surface area contributed by atoms with Crippen molar-refractivity contribution in [1.29, 1.82) is 0 Å². The van der Waals surface area contributed by atoms with E-state index >= 15 is 0 Å². The molecule has 0 radical (unpaired) electrons. The number of likely N-dealkylation sites (tertiary alicyclic amines) is 1. The summed E-state index contributed by atoms with van der Waals surface area (Å²) < 4.78 is 0. The summed E-state index contributed by atoms with van der Waals surface area (Å²) in [7, 11) is 0. The fourth-order valence-corrected chi connectivity index (χ4v) is 2.35. The lowest BCUT2D eigenvalue weighted by molar-refractivity contribution is 0.0512. The molecular formula is C13H22N4O2. The number of carbonyl (C=O) groups is 1. The Labute approximate surface area is 113 Å². The normalized spacial score (nSPS) is 18.9. The molecule has 1 unspecified atom stereocenters. The van der Waals surface area contributed by atoms with Gasteiger partial charge in [0.2, 0.25) is 5.82 Å². The predicted molar refractivity (Wildman–Crippen MR) is 70.8 cm³/mol. The Morgan fingerprint density at radius 2 is 2.00 bits per heavy atom. The van der Waals surface area contributed by atoms with E-state index in [-0.39, 0.29) is 23.8 Å². The zero-order valence-electron chi connectivity index (χ0n) is 11.8. The second-order valence-corrected chi connectivity index (χ2v) is 5.57. The van der Waals surface area contributed by atoms with Crippen LogP contribution >= 0.6 is 0 Å². The molecule has 19 heavy (non-hydrogen) atoms. The number of hydrogen-bond acceptors (Lipinski definition) is 4. The van der Waals surface area contributed by atoms with Gasteiger partial charge in [0.05, 0.1) is 6.10 Å². The molecular weight excluding hydrogens is 244 g/mol. The number of rotatable bonds is 3. The second-order valence-electron chi connectivity index (χ2n) is 5.57. The quantitative estimate of drug-likeness (QED) is 0.860. The third-order valence-electron chi connectivity index (χ3n) is 3.75. The van der Waals surface area contributed by atoms with Crippen molar-refractivity contribution >= 4 is 5.91 Å². The molecule has 0 bridgehead atoms. The summed E-state index contributed by atoms with van der Waals surface area (Å²) in [6.45, 7) is 7.15. The number of nitrogens with one attached hydrogen (secondary N) is 1. The maximum absolute atomic E-state index is 12.2. The van der Waals surface area contributed by atoms with Gasteiger partial charge in [0.1, 0.15) is 5.82 Å². The SMILES string of the molecule is CC(C)c1nc(C(=O)N2CCC(C(C)O)CC2)n[nH]1. The number of piperidine rings is 1. The number of hydrogen-bond donors (Lipinski definition) is 2. The molecule has 1 aliphatic rings. The van der Waals surface area contributed by atoms with E-state index in [2.05, 4.69) is 15.2 Å². The minimum atomic E-state index is -0.298. The summed E-state index contributed by atoms with van der Waals surface area (Å²) in [6, 6.07) is 0. The first-order valence-corrected chi connectivity index (χ1v) is 6.88. The van der Waals surface area contributed by atoms with Crippen LogP contribution in [0.5, 0.6) is 0 Å². The Morgan fingerprint density at radius 3 is 2.47 bits per heavy atom. The molecule has 6 heteroatoms. The average Bonchev–Trinajstić information content (AvgIpc) is 2.87. The van der Waals surface area contributed by atoms with Gasteiger partial charge in [-0.05, 0) is 25.7 Å². The van der Waals surface area contributed by atoms with Crippen LogP contribution in [0.2, 0.25) is 0 Å². The molecule has 1 atom stereocenters. The molecule has 0 saturated carbocycles. The van der Waals surface area contributed by atoms with Gasteiger partial charge < -0.3 is 10.0 Å². The molecule has 1 saturated heterocycles. The third-order valence-corrected chi connectivity index (χ3v) is 3.75. The summed E-state index contributed by atoms with van der Waals surface area (Å²) >= 11 is 0. The van der Waals surface area contributed by atoms with Gasteiger partial charge in [-0.15, -0.1) is 5.10 Å². The fourth-order valence-electron chi connectivity index (χ4n) is 2.35. The van der Waals surface area contributed by atoms with Crippen LogP contribution < -0.4 is 0 Å². The number of aliphatic hydroxyl groups is 1. The van der Waals surface area contributed by atoms with Crippen molar-refractivity contribution in [3.63, 3.8) is 0 Å². The van der Waals surface area contributed by atoms with Crippen molar-refractivity contribution in [1.82, 2.24) is 20.1 Å². The van der Waals surface area contributed by atoms with Crippen molar-refractivity contribution < 1.29 is 9.90 Å². The van der Waals surface area contributed by atoms with Crippen LogP contribution in [0.25, 0.3) is 0 Å². The minimum absolute atomic E-state index is 0.118. The molecule has 0 aromatic carbocycles. The van der Waals surface area contributed by atoms with Gasteiger partial charge in [0, 0.05) is 19.0 Å². The molecule has 1 amide bonds. The van der Waals surface area contributed by atoms with Crippen LogP contribution in [-0.2, 0) is 0 Å². The molecule has 2 N–H and O–H groups in total. The zero-order valence-corrected chi connectivity index (χ0v) is 11.8. The van der Waals surface area contributed by atoms with Crippen LogP contribution in [0.3, 0.4) is 0 Å². The number of aromatic amines is 1. The maximum atomic E-state index is 12.2. The number of aliphatic hydroxyl groups excluding tert-OH is 1. The monoisotopic (exact) mass is 266 g/mol. The molecule has 2 rings (SSSR count). The summed E-state index contributed by atoms with van der Waals surface area (Å²) in [4.78, 5) is 18.2. The van der Waals surface area contributed by atoms with Crippen molar-refractivity contribution in [2.45, 2.75) is 45.6 Å². The van der Waals surface area contributed by atoms with Gasteiger partial charge in [-0.1, -0.05) is 13.8 Å². The molecule has 1 aromatic rings. The molecule has 2 heterocycles. The minimum Gasteiger partial charge on any atom is -0.393 e. The van der Waals surface area contributed by atoms with Crippen molar-refractivity contribution in [3.8, 4) is 0 Å². The van der Waals surface area contributed by atoms with Crippen LogP contribution in [0, 0.1) is 5.92 Å². The lowest BCUT2D eigenvalue weighted by Crippen LogP contribution is -2.41. The summed E-state index contributed by atoms with van der Waals surface area (Å²) in [5.74, 6) is 1.39. The van der Waals surface area contributed by atoms with E-state index in [0.717, 1.165) is 18.7 Å². The molecule has 6 nitrogen and oxygen atoms in total. The first-order valence-electron chi connectivity index (χ1n) is 6.88. The van der Waals surface area contributed by atoms with E-state index in [9.17, 15) is 9.90 Å². The Kier molecular flexibility index (Phi) is 4.19. The van der Waals surface area contributed by atoms with Crippen LogP contribution in [-0.4, -0.2) is 50.3 Å². The van der Waals surface area contributed by atoms with E-state index in [1.165, 1.54) is 0 Å². The van der Waals surface area contributed by atoms with Crippen LogP contribution in [0.1, 0.15) is 56.0 Å². The van der Waals surface area contributed by atoms with Gasteiger partial charge in [-0.2, -0.15) is 0 Å². The molecule has 106 valence electrons. The first kappa shape index (κ1) is 14.0. The van der Waals surface area contributed by atoms with E-state index in [0.29, 0.717) is 19.0 Å². The van der Waals surface area contributed by atoms with Gasteiger partial charge >= 0.3 is 0 Å². The van der Waals surface area contributed by atoms with Gasteiger partial charge in [0.15, 0.2) is 0 Å². The van der Waals surface area contributed by atoms with Gasteiger partial charge in [0.25, 0.3) is 5.91 Å². The average molecular weight is 266 g/mol. The third kappa shape index (κ3) is 3.12. The van der Waals surface area contributed by atoms with Gasteiger partial charge in [-0.25, -0.2) is 4.98 Å². The Morgan fingerprint density at radius 1 is 1.37 bits per heavy atom. The highest BCUT2D eigenvalue weighted by atomic mass is 16.3. The van der Waals surface area contributed by atoms with Crippen LogP contribution in [0.4, 0.5) is 0 Å². The van der Waals surface area contributed by atoms with E-state index in [4.69, 9.17) is 0 Å². The van der Waals surface area contributed by atoms with Crippen molar-refractivity contribution in [2.24, 2.45) is 5.92 Å². The highest BCUT2D eigenvalue weighted by Crippen LogP contribution is 2.21. The fraction of sp³-hybridized carbons (Fsp3) is 0.769. The van der Waals surface area contributed by atoms with Gasteiger partial charge in [-0.3, -0.25) is 9.89 Å². The first-order chi connectivity index (χ1) is 8.99. The maximum Gasteiger partial charge on any atom is 0.293 e. The largest absolute Gasteiger partial charge is 0.393 e. The molecule has 0 aliphatic carbocycles. The van der Waals surface area contributed by atoms with Crippen molar-refractivity contribution in [3.05, 3.63) is 11.6 Å². The Balaban J connectivity index is 1.97. The second kappa shape index (κ2) is 5.69. The smallest absolute Gasteiger partial charge is 0.293 e. The zero-order chi connectivity index (χ0) is 14.0. The topological polar surface area (TPSA) is 82.1 Å². The van der Waals surface area contributed by atoms with Crippen LogP contribution in [0.15, 0.2) is 0 Å². The standard InChI is InChI=1S/C13H22N4O2/c1-8(2)11-14-12(16-15-11)13(19)17-6-4-10(5-7-17)9(3)18/h8-10,18H,4-7H2,1-3H3,(H,14,15,16). The van der Waals surface area contributed by atoms with E-state index in [1.807, 2.05) is 20.8 Å². The predicted octanol–water partition coefficient (Wildman–Crippen LogP) is 1.16. The summed E-state index contributed by atoms with van der Waals surface area (Å²) in [5, 5.41) is 16.3. The Hall–Kier alpha value is -1.43. The number of nitrogens with zero attached hydrogens (tertiary/aromatic N) is 3. The highest BCUT2D eigenvalue weighted by molar-refractivity contribution is 5.90. The Bertz CT molecular complexity index is 434. The molecule has 1 aliphatic heterocycles. The number of H-pyrrole nitrogens is 1. The summed E-state index contributed by atoms with van der Waals surface area (Å²) in [6.07, 6.45) is 1.38. The van der Waals surface area contributed by atoms with E-state index in [1.54, 1.807) is 4.90 Å². The number of carbonyl (C=O) groups excluding carboxylic acids is 1. The number of amides is 1. The number of aromatic nitrogens is 3. The lowest BCUT2D eigenvalue weighted by atomic mass is 9.92. The molecule has 1 aromatic heterocycles. The summed E-state index contributed by atoms with van der Waals surface area (Å²) in [5.41, 5.74) is 0. The molecule has 1 fully saturated rings. The highest BCUT2D eigenvalue weighted by Gasteiger charge is 2.27.